The summed E-state index contributed by atoms with van der Waals surface area (Å²) in [6.45, 7) is 6.34. The normalized spacial score (nSPS) is 13.0. The SMILES string of the molecule is CC/C=C\C/C=C\C/C=C\C/C=C\C/C=C\C/C=C\C/C=C\C/C=C\C/C=C\CCCCCCCCCC(=O)OCC(COC(=O)CCCCCCC)OC(=O)CCCCCCCC. The Morgan fingerprint density at radius 3 is 0.953 bits per heavy atom. The quantitative estimate of drug-likeness (QED) is 0.0262. The highest BCUT2D eigenvalue weighted by molar-refractivity contribution is 5.71. The van der Waals surface area contributed by atoms with Crippen molar-refractivity contribution in [1.82, 2.24) is 0 Å². The van der Waals surface area contributed by atoms with E-state index in [4.69, 9.17) is 14.2 Å². The Morgan fingerprint density at radius 2 is 0.609 bits per heavy atom. The zero-order valence-electron chi connectivity index (χ0n) is 41.3. The molecule has 6 heteroatoms. The van der Waals surface area contributed by atoms with E-state index in [1.54, 1.807) is 0 Å². The molecule has 0 amide bonds. The first-order chi connectivity index (χ1) is 31.5. The summed E-state index contributed by atoms with van der Waals surface area (Å²) < 4.78 is 16.5. The van der Waals surface area contributed by atoms with Crippen molar-refractivity contribution >= 4 is 17.9 Å². The van der Waals surface area contributed by atoms with Crippen LogP contribution in [0.5, 0.6) is 0 Å². The van der Waals surface area contributed by atoms with Crippen LogP contribution in [-0.4, -0.2) is 37.2 Å². The molecule has 0 heterocycles. The maximum absolute atomic E-state index is 12.5. The van der Waals surface area contributed by atoms with Gasteiger partial charge in [0, 0.05) is 19.3 Å². The van der Waals surface area contributed by atoms with E-state index in [1.807, 2.05) is 0 Å². The van der Waals surface area contributed by atoms with Crippen molar-refractivity contribution in [1.29, 1.82) is 0 Å². The Hall–Kier alpha value is -3.93. The van der Waals surface area contributed by atoms with Crippen LogP contribution in [0.15, 0.2) is 109 Å². The van der Waals surface area contributed by atoms with E-state index in [9.17, 15) is 14.4 Å². The third-order valence-corrected chi connectivity index (χ3v) is 10.5. The molecule has 0 aromatic heterocycles. The van der Waals surface area contributed by atoms with Crippen molar-refractivity contribution in [3.63, 3.8) is 0 Å². The lowest BCUT2D eigenvalue weighted by molar-refractivity contribution is -0.167. The van der Waals surface area contributed by atoms with Crippen molar-refractivity contribution in [3.8, 4) is 0 Å². The van der Waals surface area contributed by atoms with Crippen LogP contribution in [0.25, 0.3) is 0 Å². The molecule has 0 N–H and O–H groups in total. The number of unbranched alkanes of at least 4 members (excludes halogenated alkanes) is 16. The summed E-state index contributed by atoms with van der Waals surface area (Å²) in [5.74, 6) is -0.926. The van der Waals surface area contributed by atoms with Crippen LogP contribution in [0, 0.1) is 0 Å². The average Bonchev–Trinajstić information content (AvgIpc) is 3.29. The van der Waals surface area contributed by atoms with Gasteiger partial charge in [-0.05, 0) is 89.9 Å². The first-order valence-corrected chi connectivity index (χ1v) is 25.9. The summed E-state index contributed by atoms with van der Waals surface area (Å²) in [5.41, 5.74) is 0. The summed E-state index contributed by atoms with van der Waals surface area (Å²) in [5, 5.41) is 0. The fraction of sp³-hybridized carbons (Fsp3) is 0.638. The summed E-state index contributed by atoms with van der Waals surface area (Å²) in [7, 11) is 0. The molecule has 0 aliphatic heterocycles. The van der Waals surface area contributed by atoms with E-state index in [2.05, 4.69) is 130 Å². The first-order valence-electron chi connectivity index (χ1n) is 25.9. The highest BCUT2D eigenvalue weighted by Gasteiger charge is 2.19. The number of hydrogen-bond donors (Lipinski definition) is 0. The van der Waals surface area contributed by atoms with E-state index < -0.39 is 6.10 Å². The second-order valence-electron chi connectivity index (χ2n) is 16.7. The Bertz CT molecular complexity index is 1340. The van der Waals surface area contributed by atoms with Crippen LogP contribution in [0.1, 0.15) is 220 Å². The lowest BCUT2D eigenvalue weighted by atomic mass is 10.1. The predicted octanol–water partition coefficient (Wildman–Crippen LogP) is 17.1. The van der Waals surface area contributed by atoms with Crippen LogP contribution in [-0.2, 0) is 28.6 Å². The van der Waals surface area contributed by atoms with Gasteiger partial charge >= 0.3 is 17.9 Å². The number of hydrogen-bond acceptors (Lipinski definition) is 6. The molecule has 0 rings (SSSR count). The van der Waals surface area contributed by atoms with Gasteiger partial charge in [0.05, 0.1) is 0 Å². The fourth-order valence-corrected chi connectivity index (χ4v) is 6.67. The van der Waals surface area contributed by atoms with Gasteiger partial charge in [-0.25, -0.2) is 0 Å². The average molecular weight is 887 g/mol. The Labute approximate surface area is 393 Å². The van der Waals surface area contributed by atoms with E-state index in [-0.39, 0.29) is 31.1 Å². The molecule has 0 aliphatic carbocycles. The molecule has 362 valence electrons. The second-order valence-corrected chi connectivity index (χ2v) is 16.7. The number of rotatable bonds is 45. The third-order valence-electron chi connectivity index (χ3n) is 10.5. The molecule has 64 heavy (non-hydrogen) atoms. The maximum atomic E-state index is 12.5. The van der Waals surface area contributed by atoms with Crippen LogP contribution >= 0.6 is 0 Å². The van der Waals surface area contributed by atoms with E-state index in [0.29, 0.717) is 19.3 Å². The van der Waals surface area contributed by atoms with Crippen molar-refractivity contribution in [2.45, 2.75) is 226 Å². The smallest absolute Gasteiger partial charge is 0.306 e. The zero-order valence-corrected chi connectivity index (χ0v) is 41.3. The topological polar surface area (TPSA) is 78.9 Å². The number of ether oxygens (including phenoxy) is 3. The molecule has 0 saturated heterocycles. The fourth-order valence-electron chi connectivity index (χ4n) is 6.67. The minimum atomic E-state index is -0.773. The minimum Gasteiger partial charge on any atom is -0.462 e. The summed E-state index contributed by atoms with van der Waals surface area (Å²) in [4.78, 5) is 37.3. The molecule has 0 fully saturated rings. The van der Waals surface area contributed by atoms with Gasteiger partial charge in [0.2, 0.25) is 0 Å². The third kappa shape index (κ3) is 49.1. The van der Waals surface area contributed by atoms with Crippen molar-refractivity contribution in [2.24, 2.45) is 0 Å². The molecule has 0 bridgehead atoms. The van der Waals surface area contributed by atoms with E-state index in [0.717, 1.165) is 128 Å². The van der Waals surface area contributed by atoms with E-state index in [1.165, 1.54) is 51.4 Å². The van der Waals surface area contributed by atoms with E-state index >= 15 is 0 Å². The van der Waals surface area contributed by atoms with Crippen LogP contribution < -0.4 is 0 Å². The monoisotopic (exact) mass is 887 g/mol. The maximum Gasteiger partial charge on any atom is 0.306 e. The van der Waals surface area contributed by atoms with Gasteiger partial charge in [0.15, 0.2) is 6.10 Å². The lowest BCUT2D eigenvalue weighted by Gasteiger charge is -2.18. The van der Waals surface area contributed by atoms with Crippen LogP contribution in [0.3, 0.4) is 0 Å². The first kappa shape index (κ1) is 60.1. The largest absolute Gasteiger partial charge is 0.462 e. The van der Waals surface area contributed by atoms with Gasteiger partial charge in [-0.2, -0.15) is 0 Å². The molecule has 0 aromatic rings. The summed E-state index contributed by atoms with van der Waals surface area (Å²) in [6.07, 6.45) is 70.1. The molecule has 1 unspecified atom stereocenters. The van der Waals surface area contributed by atoms with Gasteiger partial charge in [-0.3, -0.25) is 14.4 Å². The summed E-state index contributed by atoms with van der Waals surface area (Å²) in [6, 6.07) is 0. The Balaban J connectivity index is 3.95. The van der Waals surface area contributed by atoms with Gasteiger partial charge in [0.25, 0.3) is 0 Å². The molecular weight excluding hydrogens is 793 g/mol. The van der Waals surface area contributed by atoms with Crippen molar-refractivity contribution < 1.29 is 28.6 Å². The molecule has 0 radical (unpaired) electrons. The van der Waals surface area contributed by atoms with Crippen LogP contribution in [0.2, 0.25) is 0 Å². The number of esters is 3. The molecule has 0 spiro atoms. The number of allylic oxidation sites excluding steroid dienone is 18. The van der Waals surface area contributed by atoms with Crippen LogP contribution in [0.4, 0.5) is 0 Å². The van der Waals surface area contributed by atoms with Crippen molar-refractivity contribution in [3.05, 3.63) is 109 Å². The number of carbonyl (C=O) groups is 3. The lowest BCUT2D eigenvalue weighted by Crippen LogP contribution is -2.30. The molecule has 1 atom stereocenters. The highest BCUT2D eigenvalue weighted by atomic mass is 16.6. The van der Waals surface area contributed by atoms with Crippen molar-refractivity contribution in [2.75, 3.05) is 13.2 Å². The standard InChI is InChI=1S/C58H94O6/c1-4-7-10-13-15-16-17-18-19-20-21-22-23-24-25-26-27-28-29-30-31-32-33-34-35-36-37-38-39-40-41-42-43-46-48-51-57(60)63-54-55(53-62-56(59)50-47-44-12-9-6-3)64-58(61)52-49-45-14-11-8-5-2/h7,10,15-16,18-19,21-22,24-25,27-28,30-31,33-34,36-37,55H,4-6,8-9,11-14,17,20,23,26,29,32,35,38-54H2,1-3H3/b10-7-,16-15-,19-18-,22-21-,25-24-,28-27-,31-30-,34-33-,37-36-. The Morgan fingerprint density at radius 1 is 0.328 bits per heavy atom. The molecule has 0 aromatic carbocycles. The molecule has 6 nitrogen and oxygen atoms in total. The molecule has 0 saturated carbocycles. The zero-order chi connectivity index (χ0) is 46.5. The second kappa shape index (κ2) is 51.7. The minimum absolute atomic E-state index is 0.0821. The molecular formula is C58H94O6. The van der Waals surface area contributed by atoms with Gasteiger partial charge in [-0.1, -0.05) is 220 Å². The molecule has 0 aliphatic rings. The van der Waals surface area contributed by atoms with Gasteiger partial charge in [-0.15, -0.1) is 0 Å². The predicted molar refractivity (Wildman–Crippen MR) is 274 cm³/mol. The Kier molecular flexibility index (Phi) is 48.5. The number of carbonyl (C=O) groups excluding carboxylic acids is 3. The van der Waals surface area contributed by atoms with Gasteiger partial charge < -0.3 is 14.2 Å². The highest BCUT2D eigenvalue weighted by Crippen LogP contribution is 2.13. The summed E-state index contributed by atoms with van der Waals surface area (Å²) >= 11 is 0. The van der Waals surface area contributed by atoms with Gasteiger partial charge in [0.1, 0.15) is 13.2 Å².